The first kappa shape index (κ1) is 22.9. The minimum absolute atomic E-state index is 0.133. The van der Waals surface area contributed by atoms with Gasteiger partial charge in [0.05, 0.1) is 16.6 Å². The number of nitrogens with one attached hydrogen (secondary N) is 1. The van der Waals surface area contributed by atoms with Gasteiger partial charge in [0, 0.05) is 11.7 Å². The van der Waals surface area contributed by atoms with E-state index in [0.29, 0.717) is 23.1 Å². The number of benzene rings is 2. The number of alkyl halides is 3. The summed E-state index contributed by atoms with van der Waals surface area (Å²) >= 11 is 0. The largest absolute Gasteiger partial charge is 0.573 e. The summed E-state index contributed by atoms with van der Waals surface area (Å²) in [5, 5.41) is 12.6. The van der Waals surface area contributed by atoms with E-state index in [9.17, 15) is 23.1 Å². The van der Waals surface area contributed by atoms with Crippen molar-refractivity contribution in [1.29, 1.82) is 0 Å². The normalized spacial score (nSPS) is 20.5. The Hall–Kier alpha value is -3.23. The van der Waals surface area contributed by atoms with Gasteiger partial charge in [-0.1, -0.05) is 20.8 Å². The molecule has 4 rings (SSSR count). The van der Waals surface area contributed by atoms with Gasteiger partial charge in [-0.25, -0.2) is 9.78 Å². The summed E-state index contributed by atoms with van der Waals surface area (Å²) < 4.78 is 43.4. The van der Waals surface area contributed by atoms with Crippen LogP contribution in [0.25, 0.3) is 11.0 Å². The van der Waals surface area contributed by atoms with Crippen LogP contribution >= 0.6 is 0 Å². The van der Waals surface area contributed by atoms with Crippen LogP contribution in [-0.2, 0) is 0 Å². The Kier molecular flexibility index (Phi) is 5.76. The summed E-state index contributed by atoms with van der Waals surface area (Å²) in [5.41, 5.74) is 2.18. The molecule has 0 spiro atoms. The highest BCUT2D eigenvalue weighted by atomic mass is 19.4. The third-order valence-electron chi connectivity index (χ3n) is 6.01. The monoisotopic (exact) mass is 461 g/mol. The molecule has 1 aromatic heterocycles. The van der Waals surface area contributed by atoms with Crippen molar-refractivity contribution < 1.29 is 27.8 Å². The number of carboxylic acid groups (broad SMARTS) is 1. The number of aromatic nitrogens is 2. The number of carboxylic acids is 1. The number of ether oxygens (including phenoxy) is 1. The maximum Gasteiger partial charge on any atom is 0.573 e. The van der Waals surface area contributed by atoms with E-state index in [1.165, 1.54) is 30.3 Å². The predicted octanol–water partition coefficient (Wildman–Crippen LogP) is 6.76. The van der Waals surface area contributed by atoms with E-state index >= 15 is 0 Å². The number of imidazole rings is 1. The average Bonchev–Trinajstić information content (AvgIpc) is 3.03. The van der Waals surface area contributed by atoms with Crippen LogP contribution < -0.4 is 10.1 Å². The zero-order chi connectivity index (χ0) is 24.0. The van der Waals surface area contributed by atoms with Crippen molar-refractivity contribution in [2.45, 2.75) is 52.4 Å². The van der Waals surface area contributed by atoms with Gasteiger partial charge >= 0.3 is 12.3 Å². The number of carbonyl (C=O) groups is 1. The van der Waals surface area contributed by atoms with Crippen LogP contribution in [0.4, 0.5) is 24.8 Å². The van der Waals surface area contributed by atoms with Crippen LogP contribution in [0.1, 0.15) is 56.4 Å². The third-order valence-corrected chi connectivity index (χ3v) is 6.01. The Morgan fingerprint density at radius 3 is 2.48 bits per heavy atom. The highest BCUT2D eigenvalue weighted by Gasteiger charge is 2.35. The van der Waals surface area contributed by atoms with Gasteiger partial charge in [0.25, 0.3) is 0 Å². The lowest BCUT2D eigenvalue weighted by atomic mass is 9.70. The van der Waals surface area contributed by atoms with E-state index in [-0.39, 0.29) is 22.8 Å². The fourth-order valence-corrected chi connectivity index (χ4v) is 5.05. The van der Waals surface area contributed by atoms with Crippen molar-refractivity contribution in [3.8, 4) is 5.75 Å². The van der Waals surface area contributed by atoms with Crippen molar-refractivity contribution in [3.05, 3.63) is 48.0 Å². The Balaban J connectivity index is 1.73. The maximum atomic E-state index is 12.5. The van der Waals surface area contributed by atoms with Crippen molar-refractivity contribution in [1.82, 2.24) is 9.55 Å². The molecule has 1 aliphatic rings. The van der Waals surface area contributed by atoms with Gasteiger partial charge in [0.15, 0.2) is 0 Å². The fraction of sp³-hybridized carbons (Fsp3) is 0.417. The molecule has 2 aromatic carbocycles. The lowest BCUT2D eigenvalue weighted by molar-refractivity contribution is -0.274. The number of rotatable bonds is 5. The molecule has 0 radical (unpaired) electrons. The standard InChI is InChI=1S/C24H26F3N3O3/c1-14-10-17(13-23(2,3)12-14)30-20-9-4-15(21(31)32)11-19(20)29-22(30)28-16-5-7-18(8-6-16)33-24(25,26)27/h4-9,11,14,17H,10,12-13H2,1-3H3,(H,28,29)(H,31,32)/t14?,17-/m0/s1. The quantitative estimate of drug-likeness (QED) is 0.439. The van der Waals surface area contributed by atoms with Crippen molar-refractivity contribution >= 4 is 28.6 Å². The molecule has 0 amide bonds. The van der Waals surface area contributed by atoms with E-state index < -0.39 is 12.3 Å². The molecule has 6 nitrogen and oxygen atoms in total. The number of nitrogens with zero attached hydrogens (tertiary/aromatic N) is 2. The first-order chi connectivity index (χ1) is 15.4. The number of fused-ring (bicyclic) bond motifs is 1. The molecule has 1 fully saturated rings. The number of aromatic carboxylic acids is 1. The van der Waals surface area contributed by atoms with Gasteiger partial charge in [-0.3, -0.25) is 0 Å². The van der Waals surface area contributed by atoms with Gasteiger partial charge in [-0.2, -0.15) is 0 Å². The third kappa shape index (κ3) is 5.23. The van der Waals surface area contributed by atoms with E-state index in [1.54, 1.807) is 12.1 Å². The highest BCUT2D eigenvalue weighted by Crippen LogP contribution is 2.46. The molecule has 1 saturated carbocycles. The average molecular weight is 461 g/mol. The van der Waals surface area contributed by atoms with Crippen LogP contribution in [0.5, 0.6) is 5.75 Å². The summed E-state index contributed by atoms with van der Waals surface area (Å²) in [6.45, 7) is 6.70. The maximum absolute atomic E-state index is 12.5. The molecular weight excluding hydrogens is 435 g/mol. The van der Waals surface area contributed by atoms with E-state index in [1.807, 2.05) is 0 Å². The van der Waals surface area contributed by atoms with Crippen molar-refractivity contribution in [2.75, 3.05) is 5.32 Å². The number of halogens is 3. The Bertz CT molecular complexity index is 1170. The fourth-order valence-electron chi connectivity index (χ4n) is 5.05. The molecule has 176 valence electrons. The zero-order valence-corrected chi connectivity index (χ0v) is 18.6. The topological polar surface area (TPSA) is 76.4 Å². The van der Waals surface area contributed by atoms with Gasteiger partial charge in [-0.15, -0.1) is 13.2 Å². The Morgan fingerprint density at radius 1 is 1.18 bits per heavy atom. The molecule has 33 heavy (non-hydrogen) atoms. The predicted molar refractivity (Wildman–Crippen MR) is 119 cm³/mol. The minimum atomic E-state index is -4.75. The Morgan fingerprint density at radius 2 is 1.88 bits per heavy atom. The van der Waals surface area contributed by atoms with Crippen LogP contribution in [0.15, 0.2) is 42.5 Å². The lowest BCUT2D eigenvalue weighted by Gasteiger charge is -2.40. The highest BCUT2D eigenvalue weighted by molar-refractivity contribution is 5.93. The van der Waals surface area contributed by atoms with Crippen LogP contribution in [0.3, 0.4) is 0 Å². The van der Waals surface area contributed by atoms with Gasteiger partial charge in [0.2, 0.25) is 5.95 Å². The molecule has 1 aliphatic carbocycles. The summed E-state index contributed by atoms with van der Waals surface area (Å²) in [7, 11) is 0. The zero-order valence-electron chi connectivity index (χ0n) is 18.6. The van der Waals surface area contributed by atoms with Crippen LogP contribution in [-0.4, -0.2) is 27.0 Å². The van der Waals surface area contributed by atoms with E-state index in [0.717, 1.165) is 24.8 Å². The molecule has 1 unspecified atom stereocenters. The molecule has 3 aromatic rings. The van der Waals surface area contributed by atoms with Gasteiger partial charge in [0.1, 0.15) is 5.75 Å². The first-order valence-electron chi connectivity index (χ1n) is 10.8. The summed E-state index contributed by atoms with van der Waals surface area (Å²) in [6.07, 6.45) is -1.77. The SMILES string of the molecule is CC1C[C@H](n2c(Nc3ccc(OC(F)(F)F)cc3)nc3cc(C(=O)O)ccc32)CC(C)(C)C1. The summed E-state index contributed by atoms with van der Waals surface area (Å²) in [4.78, 5) is 16.1. The van der Waals surface area contributed by atoms with Crippen molar-refractivity contribution in [2.24, 2.45) is 11.3 Å². The molecule has 9 heteroatoms. The second-order valence-electron chi connectivity index (χ2n) is 9.58. The molecule has 2 N–H and O–H groups in total. The molecule has 1 heterocycles. The van der Waals surface area contributed by atoms with Gasteiger partial charge in [-0.05, 0) is 73.1 Å². The minimum Gasteiger partial charge on any atom is -0.478 e. The number of hydrogen-bond donors (Lipinski definition) is 2. The Labute approximate surface area is 189 Å². The lowest BCUT2D eigenvalue weighted by Crippen LogP contribution is -2.29. The molecule has 0 saturated heterocycles. The molecule has 2 atom stereocenters. The molecular formula is C24H26F3N3O3. The second kappa shape index (κ2) is 8.28. The van der Waals surface area contributed by atoms with Crippen molar-refractivity contribution in [3.63, 3.8) is 0 Å². The van der Waals surface area contributed by atoms with Crippen LogP contribution in [0, 0.1) is 11.3 Å². The summed E-state index contributed by atoms with van der Waals surface area (Å²) in [6, 6.07) is 10.4. The van der Waals surface area contributed by atoms with Crippen LogP contribution in [0.2, 0.25) is 0 Å². The second-order valence-corrected chi connectivity index (χ2v) is 9.58. The van der Waals surface area contributed by atoms with Gasteiger partial charge < -0.3 is 19.7 Å². The smallest absolute Gasteiger partial charge is 0.478 e. The number of anilines is 2. The van der Waals surface area contributed by atoms with E-state index in [2.05, 4.69) is 40.4 Å². The summed E-state index contributed by atoms with van der Waals surface area (Å²) in [5.74, 6) is -0.322. The first-order valence-corrected chi connectivity index (χ1v) is 10.8. The van der Waals surface area contributed by atoms with E-state index in [4.69, 9.17) is 0 Å². The molecule has 0 aliphatic heterocycles. The number of hydrogen-bond acceptors (Lipinski definition) is 4. The molecule has 0 bridgehead atoms.